The van der Waals surface area contributed by atoms with Gasteiger partial charge in [-0.25, -0.2) is 0 Å². The number of H-pyrrole nitrogens is 1. The highest BCUT2D eigenvalue weighted by Gasteiger charge is 2.12. The lowest BCUT2D eigenvalue weighted by Crippen LogP contribution is -1.91. The summed E-state index contributed by atoms with van der Waals surface area (Å²) in [6, 6.07) is 12.7. The van der Waals surface area contributed by atoms with Gasteiger partial charge in [-0.3, -0.25) is 4.99 Å². The van der Waals surface area contributed by atoms with Crippen LogP contribution in [-0.2, 0) is 0 Å². The molecule has 0 atom stereocenters. The Bertz CT molecular complexity index is 633. The van der Waals surface area contributed by atoms with E-state index in [2.05, 4.69) is 46.6 Å². The summed E-state index contributed by atoms with van der Waals surface area (Å²) in [6.45, 7) is 0. The maximum absolute atomic E-state index is 4.43. The Morgan fingerprint density at radius 1 is 1.16 bits per heavy atom. The SMILES string of the molecule is CSc1ccc(/C(=C2/C=CC=N2)c2ccc[nH]2)cc1. The number of aromatic nitrogens is 1. The predicted octanol–water partition coefficient (Wildman–Crippen LogP) is 4.14. The molecule has 0 unspecified atom stereocenters. The summed E-state index contributed by atoms with van der Waals surface area (Å²) in [5.41, 5.74) is 4.41. The third-order valence-electron chi connectivity index (χ3n) is 3.06. The van der Waals surface area contributed by atoms with E-state index in [0.717, 1.165) is 17.0 Å². The first-order chi connectivity index (χ1) is 9.38. The molecule has 0 saturated carbocycles. The molecule has 1 aromatic heterocycles. The first kappa shape index (κ1) is 12.1. The number of thioether (sulfide) groups is 1. The van der Waals surface area contributed by atoms with Gasteiger partial charge in [0.15, 0.2) is 0 Å². The van der Waals surface area contributed by atoms with Crippen LogP contribution in [0.1, 0.15) is 11.3 Å². The average Bonchev–Trinajstić information content (AvgIpc) is 3.13. The summed E-state index contributed by atoms with van der Waals surface area (Å²) in [5.74, 6) is 0. The molecule has 0 saturated heterocycles. The zero-order valence-electron chi connectivity index (χ0n) is 10.6. The normalized spacial score (nSPS) is 16.1. The minimum absolute atomic E-state index is 0.999. The van der Waals surface area contributed by atoms with E-state index >= 15 is 0 Å². The van der Waals surface area contributed by atoms with E-state index in [9.17, 15) is 0 Å². The molecule has 0 aliphatic carbocycles. The molecule has 1 aliphatic rings. The lowest BCUT2D eigenvalue weighted by atomic mass is 10.0. The largest absolute Gasteiger partial charge is 0.361 e. The van der Waals surface area contributed by atoms with E-state index in [1.165, 1.54) is 10.5 Å². The number of allylic oxidation sites excluding steroid dienone is 2. The Morgan fingerprint density at radius 2 is 2.00 bits per heavy atom. The molecule has 3 rings (SSSR count). The van der Waals surface area contributed by atoms with E-state index in [-0.39, 0.29) is 0 Å². The van der Waals surface area contributed by atoms with Crippen LogP contribution >= 0.6 is 11.8 Å². The van der Waals surface area contributed by atoms with Gasteiger partial charge in [-0.05, 0) is 48.2 Å². The smallest absolute Gasteiger partial charge is 0.0729 e. The molecule has 94 valence electrons. The molecular formula is C16H14N2S. The second kappa shape index (κ2) is 5.33. The summed E-state index contributed by atoms with van der Waals surface area (Å²) in [6.07, 6.45) is 9.86. The molecule has 0 spiro atoms. The van der Waals surface area contributed by atoms with Gasteiger partial charge in [-0.2, -0.15) is 0 Å². The second-order valence-electron chi connectivity index (χ2n) is 4.21. The Morgan fingerprint density at radius 3 is 2.58 bits per heavy atom. The highest BCUT2D eigenvalue weighted by molar-refractivity contribution is 7.98. The highest BCUT2D eigenvalue weighted by atomic mass is 32.2. The lowest BCUT2D eigenvalue weighted by molar-refractivity contribution is 1.31. The van der Waals surface area contributed by atoms with E-state index < -0.39 is 0 Å². The van der Waals surface area contributed by atoms with Gasteiger partial charge in [0.25, 0.3) is 0 Å². The maximum atomic E-state index is 4.43. The summed E-state index contributed by atoms with van der Waals surface area (Å²) in [4.78, 5) is 8.97. The first-order valence-electron chi connectivity index (χ1n) is 6.11. The van der Waals surface area contributed by atoms with Crippen molar-refractivity contribution in [3.8, 4) is 0 Å². The third-order valence-corrected chi connectivity index (χ3v) is 3.80. The van der Waals surface area contributed by atoms with Gasteiger partial charge >= 0.3 is 0 Å². The number of aliphatic imine (C=N–C) groups is 1. The third kappa shape index (κ3) is 2.42. The molecule has 1 N–H and O–H groups in total. The average molecular weight is 266 g/mol. The van der Waals surface area contributed by atoms with Crippen molar-refractivity contribution >= 4 is 23.5 Å². The number of nitrogens with one attached hydrogen (secondary N) is 1. The van der Waals surface area contributed by atoms with E-state index in [0.29, 0.717) is 0 Å². The number of nitrogens with zero attached hydrogens (tertiary/aromatic N) is 1. The van der Waals surface area contributed by atoms with Crippen molar-refractivity contribution < 1.29 is 0 Å². The van der Waals surface area contributed by atoms with Crippen LogP contribution in [0.25, 0.3) is 5.57 Å². The molecule has 2 aromatic rings. The number of hydrogen-bond donors (Lipinski definition) is 1. The monoisotopic (exact) mass is 266 g/mol. The second-order valence-corrected chi connectivity index (χ2v) is 5.09. The van der Waals surface area contributed by atoms with Gasteiger partial charge in [-0.15, -0.1) is 11.8 Å². The minimum atomic E-state index is 0.999. The van der Waals surface area contributed by atoms with Crippen molar-refractivity contribution in [2.24, 2.45) is 4.99 Å². The summed E-state index contributed by atoms with van der Waals surface area (Å²) in [7, 11) is 0. The Kier molecular flexibility index (Phi) is 3.38. The van der Waals surface area contributed by atoms with Gasteiger partial charge in [0.05, 0.1) is 5.70 Å². The number of benzene rings is 1. The highest BCUT2D eigenvalue weighted by Crippen LogP contribution is 2.29. The molecule has 1 aromatic carbocycles. The molecule has 0 amide bonds. The fourth-order valence-corrected chi connectivity index (χ4v) is 2.54. The van der Waals surface area contributed by atoms with Crippen LogP contribution in [-0.4, -0.2) is 17.5 Å². The molecule has 0 bridgehead atoms. The van der Waals surface area contributed by atoms with Crippen LogP contribution in [0.3, 0.4) is 0 Å². The van der Waals surface area contributed by atoms with Gasteiger partial charge in [0.1, 0.15) is 0 Å². The van der Waals surface area contributed by atoms with Crippen molar-refractivity contribution in [2.75, 3.05) is 6.26 Å². The van der Waals surface area contributed by atoms with Gasteiger partial charge < -0.3 is 4.98 Å². The zero-order chi connectivity index (χ0) is 13.1. The number of aromatic amines is 1. The molecular weight excluding hydrogens is 252 g/mol. The number of rotatable bonds is 3. The molecule has 0 fully saturated rings. The van der Waals surface area contributed by atoms with E-state index in [1.807, 2.05) is 30.6 Å². The van der Waals surface area contributed by atoms with Crippen LogP contribution in [0.2, 0.25) is 0 Å². The quantitative estimate of drug-likeness (QED) is 0.831. The Labute approximate surface area is 117 Å². The molecule has 3 heteroatoms. The summed E-state index contributed by atoms with van der Waals surface area (Å²) < 4.78 is 0. The van der Waals surface area contributed by atoms with E-state index in [4.69, 9.17) is 0 Å². The Balaban J connectivity index is 2.12. The summed E-state index contributed by atoms with van der Waals surface area (Å²) in [5, 5.41) is 0. The molecule has 19 heavy (non-hydrogen) atoms. The van der Waals surface area contributed by atoms with Crippen molar-refractivity contribution in [1.29, 1.82) is 0 Å². The molecule has 2 nitrogen and oxygen atoms in total. The van der Waals surface area contributed by atoms with Crippen molar-refractivity contribution in [3.05, 3.63) is 71.7 Å². The van der Waals surface area contributed by atoms with Gasteiger partial charge in [0.2, 0.25) is 0 Å². The van der Waals surface area contributed by atoms with Crippen molar-refractivity contribution in [2.45, 2.75) is 4.90 Å². The number of hydrogen-bond acceptors (Lipinski definition) is 2. The lowest BCUT2D eigenvalue weighted by Gasteiger charge is -2.09. The first-order valence-corrected chi connectivity index (χ1v) is 7.34. The van der Waals surface area contributed by atoms with Crippen molar-refractivity contribution in [3.63, 3.8) is 0 Å². The van der Waals surface area contributed by atoms with E-state index in [1.54, 1.807) is 11.8 Å². The fraction of sp³-hybridized carbons (Fsp3) is 0.0625. The van der Waals surface area contributed by atoms with Crippen LogP contribution in [0, 0.1) is 0 Å². The molecule has 1 aliphatic heterocycles. The zero-order valence-corrected chi connectivity index (χ0v) is 11.4. The minimum Gasteiger partial charge on any atom is -0.361 e. The fourth-order valence-electron chi connectivity index (χ4n) is 2.13. The summed E-state index contributed by atoms with van der Waals surface area (Å²) >= 11 is 1.75. The maximum Gasteiger partial charge on any atom is 0.0729 e. The van der Waals surface area contributed by atoms with Gasteiger partial charge in [-0.1, -0.05) is 12.1 Å². The van der Waals surface area contributed by atoms with Crippen molar-refractivity contribution in [1.82, 2.24) is 4.98 Å². The van der Waals surface area contributed by atoms with Crippen LogP contribution in [0.15, 0.2) is 70.3 Å². The van der Waals surface area contributed by atoms with Gasteiger partial charge in [0, 0.05) is 28.6 Å². The molecule has 2 heterocycles. The van der Waals surface area contributed by atoms with Crippen LogP contribution < -0.4 is 0 Å². The predicted molar refractivity (Wildman–Crippen MR) is 82.7 cm³/mol. The van der Waals surface area contributed by atoms with Crippen LogP contribution in [0.4, 0.5) is 0 Å². The van der Waals surface area contributed by atoms with Crippen LogP contribution in [0.5, 0.6) is 0 Å². The Hall–Kier alpha value is -2.00. The standard InChI is InChI=1S/C16H14N2S/c1-19-13-8-6-12(7-9-13)16(14-4-2-10-17-14)15-5-3-11-18-15/h2-11,17H,1H3/b16-15+. The molecule has 0 radical (unpaired) electrons. The topological polar surface area (TPSA) is 28.1 Å².